The molecule has 0 unspecified atom stereocenters. The zero-order chi connectivity index (χ0) is 14.1. The first-order valence-corrected chi connectivity index (χ1v) is 7.02. The van der Waals surface area contributed by atoms with E-state index in [9.17, 15) is 9.59 Å². The van der Waals surface area contributed by atoms with Crippen molar-refractivity contribution in [3.63, 3.8) is 0 Å². The van der Waals surface area contributed by atoms with Gasteiger partial charge in [-0.05, 0) is 32.2 Å². The minimum atomic E-state index is -0.425. The number of nitrogens with one attached hydrogen (secondary N) is 1. The summed E-state index contributed by atoms with van der Waals surface area (Å²) < 4.78 is 0. The van der Waals surface area contributed by atoms with E-state index in [1.807, 2.05) is 0 Å². The zero-order valence-electron chi connectivity index (χ0n) is 11.7. The van der Waals surface area contributed by atoms with Gasteiger partial charge in [0.2, 0.25) is 0 Å². The molecule has 1 aliphatic rings. The minimum absolute atomic E-state index is 0.178. The fourth-order valence-electron chi connectivity index (χ4n) is 2.09. The first kappa shape index (κ1) is 15.9. The van der Waals surface area contributed by atoms with Crippen molar-refractivity contribution in [1.29, 1.82) is 0 Å². The Kier molecular flexibility index (Phi) is 7.43. The van der Waals surface area contributed by atoms with Gasteiger partial charge in [0.15, 0.2) is 0 Å². The Morgan fingerprint density at radius 3 is 2.74 bits per heavy atom. The van der Waals surface area contributed by atoms with E-state index in [2.05, 4.69) is 5.32 Å². The van der Waals surface area contributed by atoms with Gasteiger partial charge in [0, 0.05) is 39.8 Å². The largest absolute Gasteiger partial charge is 0.396 e. The van der Waals surface area contributed by atoms with Gasteiger partial charge in [-0.1, -0.05) is 0 Å². The van der Waals surface area contributed by atoms with E-state index in [0.717, 1.165) is 38.8 Å². The van der Waals surface area contributed by atoms with Crippen molar-refractivity contribution in [2.75, 3.05) is 46.4 Å². The molecule has 0 spiro atoms. The van der Waals surface area contributed by atoms with Crippen molar-refractivity contribution in [1.82, 2.24) is 15.1 Å². The summed E-state index contributed by atoms with van der Waals surface area (Å²) in [5.74, 6) is -0.820. The van der Waals surface area contributed by atoms with Crippen LogP contribution in [-0.4, -0.2) is 73.1 Å². The smallest absolute Gasteiger partial charge is 0.312 e. The summed E-state index contributed by atoms with van der Waals surface area (Å²) in [5.41, 5.74) is 0. The Morgan fingerprint density at radius 1 is 1.21 bits per heavy atom. The molecule has 0 atom stereocenters. The first-order chi connectivity index (χ1) is 9.16. The molecule has 0 aromatic heterocycles. The number of amides is 2. The molecule has 1 rings (SSSR count). The van der Waals surface area contributed by atoms with Crippen molar-refractivity contribution >= 4 is 11.8 Å². The number of carbonyl (C=O) groups is 2. The third-order valence-electron chi connectivity index (χ3n) is 3.31. The van der Waals surface area contributed by atoms with Gasteiger partial charge in [-0.25, -0.2) is 0 Å². The van der Waals surface area contributed by atoms with Crippen molar-refractivity contribution < 1.29 is 14.7 Å². The fraction of sp³-hybridized carbons (Fsp3) is 0.846. The normalized spacial score (nSPS) is 16.0. The molecule has 0 aromatic carbocycles. The second-order valence-corrected chi connectivity index (χ2v) is 4.91. The summed E-state index contributed by atoms with van der Waals surface area (Å²) in [5, 5.41) is 11.9. The number of rotatable bonds is 5. The summed E-state index contributed by atoms with van der Waals surface area (Å²) in [6.07, 6.45) is 3.32. The number of carbonyl (C=O) groups excluding carboxylic acids is 2. The highest BCUT2D eigenvalue weighted by Crippen LogP contribution is 2.01. The Balaban J connectivity index is 2.35. The second kappa shape index (κ2) is 8.87. The van der Waals surface area contributed by atoms with E-state index >= 15 is 0 Å². The molecule has 1 fully saturated rings. The maximum Gasteiger partial charge on any atom is 0.312 e. The number of hydrogen-bond acceptors (Lipinski definition) is 4. The molecule has 1 aliphatic heterocycles. The van der Waals surface area contributed by atoms with Gasteiger partial charge in [-0.15, -0.1) is 0 Å². The second-order valence-electron chi connectivity index (χ2n) is 4.91. The van der Waals surface area contributed by atoms with E-state index in [4.69, 9.17) is 5.11 Å². The van der Waals surface area contributed by atoms with Crippen LogP contribution >= 0.6 is 0 Å². The molecule has 0 aromatic rings. The third kappa shape index (κ3) is 5.57. The number of unbranched alkanes of at least 4 members (excludes halogenated alkanes) is 2. The molecule has 0 aliphatic carbocycles. The SMILES string of the molecule is CN(CCCCCO)C(=O)C(=O)N1CCCNCC1. The van der Waals surface area contributed by atoms with Gasteiger partial charge < -0.3 is 20.2 Å². The molecule has 110 valence electrons. The van der Waals surface area contributed by atoms with Crippen LogP contribution in [0.5, 0.6) is 0 Å². The molecule has 6 heteroatoms. The standard InChI is InChI=1S/C13H25N3O3/c1-15(8-3-2-4-11-17)12(18)13(19)16-9-5-6-14-7-10-16/h14,17H,2-11H2,1H3. The van der Waals surface area contributed by atoms with Crippen LogP contribution < -0.4 is 5.32 Å². The van der Waals surface area contributed by atoms with Gasteiger partial charge in [-0.2, -0.15) is 0 Å². The average molecular weight is 271 g/mol. The fourth-order valence-corrected chi connectivity index (χ4v) is 2.09. The Labute approximate surface area is 114 Å². The maximum absolute atomic E-state index is 12.0. The molecule has 19 heavy (non-hydrogen) atoms. The Hall–Kier alpha value is -1.14. The van der Waals surface area contributed by atoms with Crippen molar-refractivity contribution in [2.24, 2.45) is 0 Å². The van der Waals surface area contributed by atoms with E-state index in [-0.39, 0.29) is 6.61 Å². The highest BCUT2D eigenvalue weighted by Gasteiger charge is 2.25. The van der Waals surface area contributed by atoms with Crippen molar-refractivity contribution in [3.05, 3.63) is 0 Å². The van der Waals surface area contributed by atoms with Crippen LogP contribution in [0.25, 0.3) is 0 Å². The maximum atomic E-state index is 12.0. The van der Waals surface area contributed by atoms with Crippen LogP contribution in [0.4, 0.5) is 0 Å². The van der Waals surface area contributed by atoms with Crippen LogP contribution in [0.2, 0.25) is 0 Å². The highest BCUT2D eigenvalue weighted by molar-refractivity contribution is 6.34. The molecule has 6 nitrogen and oxygen atoms in total. The first-order valence-electron chi connectivity index (χ1n) is 7.02. The predicted molar refractivity (Wildman–Crippen MR) is 72.6 cm³/mol. The number of hydrogen-bond donors (Lipinski definition) is 2. The summed E-state index contributed by atoms with van der Waals surface area (Å²) >= 11 is 0. The quantitative estimate of drug-likeness (QED) is 0.519. The summed E-state index contributed by atoms with van der Waals surface area (Å²) in [6, 6.07) is 0. The molecule has 0 saturated carbocycles. The van der Waals surface area contributed by atoms with E-state index < -0.39 is 11.8 Å². The van der Waals surface area contributed by atoms with Crippen LogP contribution in [-0.2, 0) is 9.59 Å². The van der Waals surface area contributed by atoms with Crippen molar-refractivity contribution in [3.8, 4) is 0 Å². The molecule has 0 bridgehead atoms. The van der Waals surface area contributed by atoms with Crippen LogP contribution in [0.1, 0.15) is 25.7 Å². The summed E-state index contributed by atoms with van der Waals surface area (Å²) in [4.78, 5) is 27.1. The lowest BCUT2D eigenvalue weighted by molar-refractivity contribution is -0.151. The minimum Gasteiger partial charge on any atom is -0.396 e. The lowest BCUT2D eigenvalue weighted by Crippen LogP contribution is -2.45. The molecule has 2 amide bonds. The van der Waals surface area contributed by atoms with Crippen LogP contribution in [0.15, 0.2) is 0 Å². The zero-order valence-corrected chi connectivity index (χ0v) is 11.7. The van der Waals surface area contributed by atoms with Gasteiger partial charge in [0.25, 0.3) is 0 Å². The van der Waals surface area contributed by atoms with Crippen molar-refractivity contribution in [2.45, 2.75) is 25.7 Å². The Morgan fingerprint density at radius 2 is 2.00 bits per heavy atom. The van der Waals surface area contributed by atoms with E-state index in [1.165, 1.54) is 4.90 Å². The van der Waals surface area contributed by atoms with Gasteiger partial charge in [0.05, 0.1) is 0 Å². The van der Waals surface area contributed by atoms with Gasteiger partial charge >= 0.3 is 11.8 Å². The molecule has 1 saturated heterocycles. The monoisotopic (exact) mass is 271 g/mol. The molecule has 0 radical (unpaired) electrons. The van der Waals surface area contributed by atoms with Gasteiger partial charge in [-0.3, -0.25) is 9.59 Å². The summed E-state index contributed by atoms with van der Waals surface area (Å²) in [6.45, 7) is 3.64. The number of aliphatic hydroxyl groups is 1. The third-order valence-corrected chi connectivity index (χ3v) is 3.31. The highest BCUT2D eigenvalue weighted by atomic mass is 16.3. The number of aliphatic hydroxyl groups excluding tert-OH is 1. The van der Waals surface area contributed by atoms with Crippen LogP contribution in [0, 0.1) is 0 Å². The van der Waals surface area contributed by atoms with Crippen LogP contribution in [0.3, 0.4) is 0 Å². The topological polar surface area (TPSA) is 72.9 Å². The molecular formula is C13H25N3O3. The van der Waals surface area contributed by atoms with E-state index in [0.29, 0.717) is 19.6 Å². The van der Waals surface area contributed by atoms with Gasteiger partial charge in [0.1, 0.15) is 0 Å². The average Bonchev–Trinajstić information content (AvgIpc) is 2.70. The molecule has 1 heterocycles. The number of nitrogens with zero attached hydrogens (tertiary/aromatic N) is 2. The molecular weight excluding hydrogens is 246 g/mol. The molecule has 2 N–H and O–H groups in total. The number of likely N-dealkylation sites (N-methyl/N-ethyl adjacent to an activating group) is 1. The summed E-state index contributed by atoms with van der Waals surface area (Å²) in [7, 11) is 1.66. The predicted octanol–water partition coefficient (Wildman–Crippen LogP) is -0.571. The lowest BCUT2D eigenvalue weighted by atomic mass is 10.2. The Bertz CT molecular complexity index is 289. The van der Waals surface area contributed by atoms with E-state index in [1.54, 1.807) is 11.9 Å². The lowest BCUT2D eigenvalue weighted by Gasteiger charge is -2.23.